The van der Waals surface area contributed by atoms with Gasteiger partial charge in [-0.2, -0.15) is 22.2 Å². The Balaban J connectivity index is 2.54. The molecule has 0 aliphatic heterocycles. The van der Waals surface area contributed by atoms with E-state index in [0.717, 1.165) is 12.5 Å². The topological polar surface area (TPSA) is 0 Å². The summed E-state index contributed by atoms with van der Waals surface area (Å²) >= 11 is 25.5. The van der Waals surface area contributed by atoms with Gasteiger partial charge in [-0.1, -0.05) is 45.4 Å². The predicted molar refractivity (Wildman–Crippen MR) is 82.0 cm³/mol. The minimum Gasteiger partial charge on any atom is -0.150 e. The van der Waals surface area contributed by atoms with Crippen molar-refractivity contribution in [2.24, 2.45) is 0 Å². The van der Waals surface area contributed by atoms with Crippen LogP contribution in [0, 0.1) is 0 Å². The van der Waals surface area contributed by atoms with E-state index in [2.05, 4.69) is 6.92 Å². The van der Waals surface area contributed by atoms with E-state index in [1.54, 1.807) is 0 Å². The second-order valence-electron chi connectivity index (χ2n) is 4.80. The van der Waals surface area contributed by atoms with Gasteiger partial charge in [-0.25, -0.2) is 0 Å². The Labute approximate surface area is 120 Å². The van der Waals surface area contributed by atoms with Gasteiger partial charge in [0.2, 0.25) is 7.42 Å². The third kappa shape index (κ3) is 4.70. The summed E-state index contributed by atoms with van der Waals surface area (Å²) < 4.78 is 0. The van der Waals surface area contributed by atoms with E-state index in [1.807, 2.05) is 0 Å². The van der Waals surface area contributed by atoms with Crippen molar-refractivity contribution in [3.05, 3.63) is 0 Å². The molecule has 0 spiro atoms. The lowest BCUT2D eigenvalue weighted by Crippen LogP contribution is -2.31. The molecule has 0 aromatic rings. The fourth-order valence-electron chi connectivity index (χ4n) is 2.45. The first-order valence-corrected chi connectivity index (χ1v) is 14.6. The summed E-state index contributed by atoms with van der Waals surface area (Å²) in [5, 5.41) is 0. The van der Waals surface area contributed by atoms with E-state index >= 15 is 0 Å². The zero-order valence-corrected chi connectivity index (χ0v) is 14.9. The molecule has 0 saturated heterocycles. The zero-order chi connectivity index (χ0) is 12.2. The smallest absolute Gasteiger partial charge is 0.150 e. The molecule has 1 aliphatic carbocycles. The van der Waals surface area contributed by atoms with Crippen molar-refractivity contribution < 1.29 is 0 Å². The van der Waals surface area contributed by atoms with Crippen LogP contribution in [0.5, 0.6) is 0 Å². The van der Waals surface area contributed by atoms with Gasteiger partial charge in [-0.15, -0.1) is 22.2 Å². The van der Waals surface area contributed by atoms with Gasteiger partial charge >= 0.3 is 0 Å². The molecule has 6 heteroatoms. The minimum atomic E-state index is -2.14. The molecule has 16 heavy (non-hydrogen) atoms. The van der Waals surface area contributed by atoms with Crippen LogP contribution in [-0.2, 0) is 0 Å². The van der Waals surface area contributed by atoms with Crippen LogP contribution < -0.4 is 0 Å². The standard InChI is InChI=1S/C10H20Cl4Si2/c1-2-9(15(11)12)8-16(13,14)10-6-4-3-5-7-10/h9-10,15H,2-8H2,1H3. The maximum absolute atomic E-state index is 6.64. The number of hydrogen-bond acceptors (Lipinski definition) is 0. The maximum atomic E-state index is 6.64. The second-order valence-corrected chi connectivity index (χ2v) is 17.3. The van der Waals surface area contributed by atoms with Crippen LogP contribution in [-0.4, -0.2) is 14.1 Å². The summed E-state index contributed by atoms with van der Waals surface area (Å²) in [6.45, 7) is -0.00554. The summed E-state index contributed by atoms with van der Waals surface area (Å²) in [6.07, 6.45) is 7.37. The van der Waals surface area contributed by atoms with Gasteiger partial charge < -0.3 is 0 Å². The maximum Gasteiger partial charge on any atom is 0.254 e. The van der Waals surface area contributed by atoms with Crippen molar-refractivity contribution in [1.29, 1.82) is 0 Å². The molecule has 0 heterocycles. The molecule has 1 atom stereocenters. The van der Waals surface area contributed by atoms with Crippen molar-refractivity contribution in [3.8, 4) is 0 Å². The SMILES string of the molecule is CCC(C[Si](Cl)(Cl)C1CCCCC1)[SiH](Cl)Cl. The first kappa shape index (κ1) is 15.7. The number of rotatable bonds is 5. The average molecular weight is 338 g/mol. The Morgan fingerprint density at radius 1 is 1.19 bits per heavy atom. The fourth-order valence-corrected chi connectivity index (χ4v) is 13.3. The molecule has 0 N–H and O–H groups in total. The highest BCUT2D eigenvalue weighted by atomic mass is 35.7. The Morgan fingerprint density at radius 3 is 2.19 bits per heavy atom. The lowest BCUT2D eigenvalue weighted by Gasteiger charge is -2.33. The van der Waals surface area contributed by atoms with Crippen LogP contribution in [0.2, 0.25) is 17.1 Å². The second kappa shape index (κ2) is 7.25. The fraction of sp³-hybridized carbons (Fsp3) is 1.00. The Kier molecular flexibility index (Phi) is 7.09. The highest BCUT2D eigenvalue weighted by molar-refractivity contribution is 7.46. The lowest BCUT2D eigenvalue weighted by molar-refractivity contribution is 0.496. The predicted octanol–water partition coefficient (Wildman–Crippen LogP) is 5.72. The van der Waals surface area contributed by atoms with Gasteiger partial charge in [0.05, 0.1) is 0 Å². The molecule has 0 bridgehead atoms. The van der Waals surface area contributed by atoms with Crippen LogP contribution in [0.3, 0.4) is 0 Å². The molecular formula is C10H20Cl4Si2. The van der Waals surface area contributed by atoms with Crippen molar-refractivity contribution in [2.75, 3.05) is 0 Å². The zero-order valence-electron chi connectivity index (χ0n) is 9.69. The van der Waals surface area contributed by atoms with Crippen molar-refractivity contribution in [3.63, 3.8) is 0 Å². The Hall–Kier alpha value is 1.59. The third-order valence-corrected chi connectivity index (χ3v) is 13.3. The van der Waals surface area contributed by atoms with Crippen molar-refractivity contribution >= 4 is 58.4 Å². The first-order valence-electron chi connectivity index (χ1n) is 6.13. The molecule has 96 valence electrons. The molecule has 1 saturated carbocycles. The largest absolute Gasteiger partial charge is 0.254 e. The van der Waals surface area contributed by atoms with Crippen LogP contribution in [0.15, 0.2) is 0 Å². The van der Waals surface area contributed by atoms with Crippen LogP contribution >= 0.6 is 44.3 Å². The normalized spacial score (nSPS) is 21.4. The summed E-state index contributed by atoms with van der Waals surface area (Å²) in [6, 6.07) is 0.904. The van der Waals surface area contributed by atoms with E-state index in [0.29, 0.717) is 11.1 Å². The first-order chi connectivity index (χ1) is 7.47. The summed E-state index contributed by atoms with van der Waals surface area (Å²) in [7, 11) is -1.63. The van der Waals surface area contributed by atoms with E-state index in [4.69, 9.17) is 44.3 Å². The number of hydrogen-bond donors (Lipinski definition) is 0. The van der Waals surface area contributed by atoms with Crippen molar-refractivity contribution in [1.82, 2.24) is 0 Å². The lowest BCUT2D eigenvalue weighted by atomic mass is 10.0. The minimum absolute atomic E-state index is 0.395. The van der Waals surface area contributed by atoms with Gasteiger partial charge in [0, 0.05) is 0 Å². The van der Waals surface area contributed by atoms with Crippen LogP contribution in [0.25, 0.3) is 0 Å². The molecule has 0 radical (unpaired) electrons. The summed E-state index contributed by atoms with van der Waals surface area (Å²) in [5.74, 6) is 0. The molecule has 0 amide bonds. The Bertz CT molecular complexity index is 205. The summed E-state index contributed by atoms with van der Waals surface area (Å²) in [5.41, 5.74) is 0.964. The average Bonchev–Trinajstić information content (AvgIpc) is 2.27. The van der Waals surface area contributed by atoms with Gasteiger partial charge in [0.1, 0.15) is 0 Å². The monoisotopic (exact) mass is 336 g/mol. The van der Waals surface area contributed by atoms with Gasteiger partial charge in [-0.05, 0) is 17.1 Å². The third-order valence-electron chi connectivity index (χ3n) is 3.62. The highest BCUT2D eigenvalue weighted by Gasteiger charge is 2.41. The quantitative estimate of drug-likeness (QED) is 0.444. The van der Waals surface area contributed by atoms with Crippen molar-refractivity contribution in [2.45, 2.75) is 62.6 Å². The van der Waals surface area contributed by atoms with Crippen LogP contribution in [0.1, 0.15) is 45.4 Å². The Morgan fingerprint density at radius 2 is 1.75 bits per heavy atom. The van der Waals surface area contributed by atoms with E-state index in [-0.39, 0.29) is 0 Å². The van der Waals surface area contributed by atoms with E-state index in [9.17, 15) is 0 Å². The summed E-state index contributed by atoms with van der Waals surface area (Å²) in [4.78, 5) is 0. The molecular weight excluding hydrogens is 318 g/mol. The molecule has 1 fully saturated rings. The van der Waals surface area contributed by atoms with Gasteiger partial charge in [-0.3, -0.25) is 0 Å². The van der Waals surface area contributed by atoms with Gasteiger partial charge in [0.15, 0.2) is 0 Å². The van der Waals surface area contributed by atoms with Crippen LogP contribution in [0.4, 0.5) is 0 Å². The number of halogens is 4. The molecule has 0 aromatic heterocycles. The highest BCUT2D eigenvalue weighted by Crippen LogP contribution is 2.47. The molecule has 0 nitrogen and oxygen atoms in total. The molecule has 1 aliphatic rings. The molecule has 1 rings (SSSR count). The molecule has 1 unspecified atom stereocenters. The van der Waals surface area contributed by atoms with E-state index < -0.39 is 14.1 Å². The van der Waals surface area contributed by atoms with E-state index in [1.165, 1.54) is 32.1 Å². The molecule has 0 aromatic carbocycles. The van der Waals surface area contributed by atoms with Gasteiger partial charge in [0.25, 0.3) is 6.69 Å².